The molecule has 1 aromatic carbocycles. The number of hydrogen-bond donors (Lipinski definition) is 2. The lowest BCUT2D eigenvalue weighted by molar-refractivity contribution is -0.274. The molecule has 0 saturated carbocycles. The Morgan fingerprint density at radius 3 is 2.62 bits per heavy atom. The number of carbonyl (C=O) groups is 1. The summed E-state index contributed by atoms with van der Waals surface area (Å²) in [6, 6.07) is 4.88. The van der Waals surface area contributed by atoms with E-state index in [0.29, 0.717) is 22.7 Å². The number of rotatable bonds is 6. The van der Waals surface area contributed by atoms with E-state index in [9.17, 15) is 18.0 Å². The maximum atomic E-state index is 12.1. The first kappa shape index (κ1) is 18.0. The van der Waals surface area contributed by atoms with E-state index in [-0.39, 0.29) is 18.2 Å². The molecule has 0 radical (unpaired) electrons. The molecule has 1 heterocycles. The molecule has 0 bridgehead atoms. The van der Waals surface area contributed by atoms with Gasteiger partial charge in [0.25, 0.3) is 0 Å². The van der Waals surface area contributed by atoms with Crippen LogP contribution in [-0.4, -0.2) is 27.0 Å². The summed E-state index contributed by atoms with van der Waals surface area (Å²) < 4.78 is 41.9. The molecule has 130 valence electrons. The van der Waals surface area contributed by atoms with Crippen molar-refractivity contribution in [2.45, 2.75) is 32.7 Å². The van der Waals surface area contributed by atoms with Crippen molar-refractivity contribution in [1.82, 2.24) is 14.8 Å². The SMILES string of the molecule is CCCc1n[nH]c(=S)n1CC(=O)Nc1ccc(OC(F)(F)F)cc1. The van der Waals surface area contributed by atoms with E-state index in [1.54, 1.807) is 4.57 Å². The molecule has 10 heteroatoms. The third-order valence-corrected chi connectivity index (χ3v) is 3.30. The molecule has 0 saturated heterocycles. The zero-order chi connectivity index (χ0) is 17.7. The number of aromatic amines is 1. The number of nitrogens with one attached hydrogen (secondary N) is 2. The van der Waals surface area contributed by atoms with Crippen LogP contribution in [0.25, 0.3) is 0 Å². The van der Waals surface area contributed by atoms with Gasteiger partial charge in [0.1, 0.15) is 18.1 Å². The second-order valence-electron chi connectivity index (χ2n) is 4.90. The van der Waals surface area contributed by atoms with Crippen molar-refractivity contribution >= 4 is 23.8 Å². The van der Waals surface area contributed by atoms with Gasteiger partial charge < -0.3 is 10.1 Å². The van der Waals surface area contributed by atoms with Crippen molar-refractivity contribution in [3.8, 4) is 5.75 Å². The molecule has 0 aliphatic heterocycles. The fraction of sp³-hybridized carbons (Fsp3) is 0.357. The summed E-state index contributed by atoms with van der Waals surface area (Å²) in [6.07, 6.45) is -3.23. The highest BCUT2D eigenvalue weighted by Gasteiger charge is 2.30. The zero-order valence-corrected chi connectivity index (χ0v) is 13.5. The molecule has 1 amide bonds. The lowest BCUT2D eigenvalue weighted by Gasteiger charge is -2.10. The zero-order valence-electron chi connectivity index (χ0n) is 12.7. The van der Waals surface area contributed by atoms with Gasteiger partial charge in [-0.3, -0.25) is 14.5 Å². The fourth-order valence-electron chi connectivity index (χ4n) is 2.01. The molecule has 0 unspecified atom stereocenters. The summed E-state index contributed by atoms with van der Waals surface area (Å²) in [5.41, 5.74) is 0.349. The molecule has 2 rings (SSSR count). The van der Waals surface area contributed by atoms with Crippen LogP contribution in [0.2, 0.25) is 0 Å². The smallest absolute Gasteiger partial charge is 0.406 e. The molecule has 24 heavy (non-hydrogen) atoms. The molecule has 0 aliphatic rings. The second kappa shape index (κ2) is 7.47. The van der Waals surface area contributed by atoms with Gasteiger partial charge in [-0.15, -0.1) is 13.2 Å². The molecule has 2 N–H and O–H groups in total. The summed E-state index contributed by atoms with van der Waals surface area (Å²) in [5, 5.41) is 9.27. The van der Waals surface area contributed by atoms with Crippen molar-refractivity contribution < 1.29 is 22.7 Å². The topological polar surface area (TPSA) is 71.9 Å². The number of hydrogen-bond acceptors (Lipinski definition) is 4. The molecule has 6 nitrogen and oxygen atoms in total. The van der Waals surface area contributed by atoms with Crippen LogP contribution < -0.4 is 10.1 Å². The van der Waals surface area contributed by atoms with E-state index >= 15 is 0 Å². The molecule has 1 aromatic heterocycles. The number of anilines is 1. The largest absolute Gasteiger partial charge is 0.573 e. The molecule has 0 atom stereocenters. The minimum absolute atomic E-state index is 0.0362. The van der Waals surface area contributed by atoms with Crippen LogP contribution in [0.4, 0.5) is 18.9 Å². The Kier molecular flexibility index (Phi) is 5.60. The summed E-state index contributed by atoms with van der Waals surface area (Å²) in [7, 11) is 0. The van der Waals surface area contributed by atoms with E-state index < -0.39 is 6.36 Å². The van der Waals surface area contributed by atoms with Crippen molar-refractivity contribution in [3.63, 3.8) is 0 Å². The van der Waals surface area contributed by atoms with E-state index in [0.717, 1.165) is 18.6 Å². The Bertz CT molecular complexity index is 753. The maximum absolute atomic E-state index is 12.1. The van der Waals surface area contributed by atoms with Crippen LogP contribution >= 0.6 is 12.2 Å². The van der Waals surface area contributed by atoms with E-state index in [4.69, 9.17) is 12.2 Å². The van der Waals surface area contributed by atoms with Crippen molar-refractivity contribution in [3.05, 3.63) is 34.9 Å². The van der Waals surface area contributed by atoms with Crippen LogP contribution in [0.5, 0.6) is 5.75 Å². The molecule has 0 spiro atoms. The van der Waals surface area contributed by atoms with Crippen molar-refractivity contribution in [1.29, 1.82) is 0 Å². The lowest BCUT2D eigenvalue weighted by Crippen LogP contribution is -2.20. The first-order valence-electron chi connectivity index (χ1n) is 7.08. The van der Waals surface area contributed by atoms with Crippen LogP contribution in [-0.2, 0) is 17.8 Å². The second-order valence-corrected chi connectivity index (χ2v) is 5.29. The maximum Gasteiger partial charge on any atom is 0.573 e. The van der Waals surface area contributed by atoms with Gasteiger partial charge in [-0.25, -0.2) is 0 Å². The Balaban J connectivity index is 2.00. The highest BCUT2D eigenvalue weighted by Crippen LogP contribution is 2.23. The van der Waals surface area contributed by atoms with Crippen LogP contribution in [0.1, 0.15) is 19.2 Å². The highest BCUT2D eigenvalue weighted by atomic mass is 32.1. The average Bonchev–Trinajstić information content (AvgIpc) is 2.81. The monoisotopic (exact) mass is 360 g/mol. The third kappa shape index (κ3) is 5.08. The normalized spacial score (nSPS) is 11.3. The standard InChI is InChI=1S/C14H15F3N4O2S/c1-2-3-11-19-20-13(24)21(11)8-12(22)18-9-4-6-10(7-5-9)23-14(15,16)17/h4-7H,2-3,8H2,1H3,(H,18,22)(H,20,24). The van der Waals surface area contributed by atoms with Crippen LogP contribution in [0.15, 0.2) is 24.3 Å². The van der Waals surface area contributed by atoms with Crippen molar-refractivity contribution in [2.24, 2.45) is 0 Å². The van der Waals surface area contributed by atoms with E-state index in [1.165, 1.54) is 12.1 Å². The molecule has 2 aromatic rings. The number of benzene rings is 1. The predicted octanol–water partition coefficient (Wildman–Crippen LogP) is 3.43. The molecule has 0 aliphatic carbocycles. The Labute approximate surface area is 140 Å². The van der Waals surface area contributed by atoms with Crippen LogP contribution in [0.3, 0.4) is 0 Å². The number of H-pyrrole nitrogens is 1. The number of ether oxygens (including phenoxy) is 1. The first-order valence-corrected chi connectivity index (χ1v) is 7.49. The van der Waals surface area contributed by atoms with Crippen LogP contribution in [0, 0.1) is 4.77 Å². The Morgan fingerprint density at radius 1 is 1.38 bits per heavy atom. The van der Waals surface area contributed by atoms with E-state index in [1.807, 2.05) is 6.92 Å². The highest BCUT2D eigenvalue weighted by molar-refractivity contribution is 7.71. The molecular weight excluding hydrogens is 345 g/mol. The van der Waals surface area contributed by atoms with Crippen molar-refractivity contribution in [2.75, 3.05) is 5.32 Å². The number of carbonyl (C=O) groups excluding carboxylic acids is 1. The summed E-state index contributed by atoms with van der Waals surface area (Å²) in [6.45, 7) is 1.94. The number of alkyl halides is 3. The quantitative estimate of drug-likeness (QED) is 0.774. The number of aromatic nitrogens is 3. The average molecular weight is 360 g/mol. The van der Waals surface area contributed by atoms with Gasteiger partial charge in [0.05, 0.1) is 0 Å². The van der Waals surface area contributed by atoms with Gasteiger partial charge in [0, 0.05) is 12.1 Å². The summed E-state index contributed by atoms with van der Waals surface area (Å²) >= 11 is 5.08. The Hall–Kier alpha value is -2.36. The number of halogens is 3. The molecular formula is C14H15F3N4O2S. The van der Waals surface area contributed by atoms with Gasteiger partial charge in [0.2, 0.25) is 5.91 Å². The summed E-state index contributed by atoms with van der Waals surface area (Å²) in [4.78, 5) is 12.1. The summed E-state index contributed by atoms with van der Waals surface area (Å²) in [5.74, 6) is -0.0521. The third-order valence-electron chi connectivity index (χ3n) is 2.98. The van der Waals surface area contributed by atoms with Gasteiger partial charge in [0.15, 0.2) is 4.77 Å². The minimum atomic E-state index is -4.75. The van der Waals surface area contributed by atoms with Gasteiger partial charge >= 0.3 is 6.36 Å². The van der Waals surface area contributed by atoms with Gasteiger partial charge in [-0.1, -0.05) is 6.92 Å². The van der Waals surface area contributed by atoms with Gasteiger partial charge in [-0.2, -0.15) is 5.10 Å². The number of amides is 1. The predicted molar refractivity (Wildman–Crippen MR) is 83.2 cm³/mol. The fourth-order valence-corrected chi connectivity index (χ4v) is 2.23. The minimum Gasteiger partial charge on any atom is -0.406 e. The number of aryl methyl sites for hydroxylation is 1. The van der Waals surface area contributed by atoms with Gasteiger partial charge in [-0.05, 0) is 42.9 Å². The first-order chi connectivity index (χ1) is 11.3. The number of nitrogens with zero attached hydrogens (tertiary/aromatic N) is 2. The molecule has 0 fully saturated rings. The lowest BCUT2D eigenvalue weighted by atomic mass is 10.3. The van der Waals surface area contributed by atoms with E-state index in [2.05, 4.69) is 20.3 Å². The Morgan fingerprint density at radius 2 is 2.04 bits per heavy atom.